The fraction of sp³-hybridized carbons (Fsp3) is 0. The average molecular weight is 765 g/mol. The van der Waals surface area contributed by atoms with Gasteiger partial charge in [0.1, 0.15) is 0 Å². The normalized spacial score (nSPS) is 11.3. The van der Waals surface area contributed by atoms with Crippen LogP contribution < -0.4 is 4.90 Å². The van der Waals surface area contributed by atoms with Gasteiger partial charge < -0.3 is 9.47 Å². The first kappa shape index (κ1) is 35.2. The summed E-state index contributed by atoms with van der Waals surface area (Å²) < 4.78 is 2.39. The third-order valence-corrected chi connectivity index (χ3v) is 11.8. The summed E-state index contributed by atoms with van der Waals surface area (Å²) in [6, 6.07) is 87.9. The molecule has 0 aliphatic rings. The number of benzene rings is 10. The predicted molar refractivity (Wildman–Crippen MR) is 255 cm³/mol. The van der Waals surface area contributed by atoms with Gasteiger partial charge in [-0.3, -0.25) is 0 Å². The molecular formula is C58H40N2. The second kappa shape index (κ2) is 15.1. The topological polar surface area (TPSA) is 8.17 Å². The Kier molecular flexibility index (Phi) is 8.87. The Hall–Kier alpha value is -7.94. The van der Waals surface area contributed by atoms with E-state index in [0.717, 1.165) is 28.3 Å². The van der Waals surface area contributed by atoms with Gasteiger partial charge in [0.2, 0.25) is 0 Å². The van der Waals surface area contributed by atoms with Gasteiger partial charge in [-0.2, -0.15) is 0 Å². The molecule has 0 fully saturated rings. The van der Waals surface area contributed by atoms with Crippen LogP contribution in [0.25, 0.3) is 82.8 Å². The minimum Gasteiger partial charge on any atom is -0.310 e. The molecule has 282 valence electrons. The maximum atomic E-state index is 2.42. The minimum absolute atomic E-state index is 1.08. The lowest BCUT2D eigenvalue weighted by Crippen LogP contribution is -2.11. The Labute approximate surface area is 350 Å². The van der Waals surface area contributed by atoms with E-state index in [-0.39, 0.29) is 0 Å². The number of nitrogens with zero attached hydrogens (tertiary/aromatic N) is 2. The third-order valence-electron chi connectivity index (χ3n) is 11.8. The molecule has 1 aromatic heterocycles. The Balaban J connectivity index is 1.10. The molecule has 0 radical (unpaired) electrons. The summed E-state index contributed by atoms with van der Waals surface area (Å²) in [5.41, 5.74) is 16.4. The second-order valence-corrected chi connectivity index (χ2v) is 15.3. The molecule has 10 aromatic carbocycles. The summed E-state index contributed by atoms with van der Waals surface area (Å²) in [6.07, 6.45) is 0. The van der Waals surface area contributed by atoms with Crippen LogP contribution in [0.1, 0.15) is 0 Å². The SMILES string of the molecule is c1ccc(-c2ccc(N(c3ccc(-c4cc5ccccc5cc4-c4ccccc4)cc3)c3ccccc3-c3cccc4c3c3ccccc3n4-c3ccccc3)cc2)cc1. The van der Waals surface area contributed by atoms with Gasteiger partial charge in [0.05, 0.1) is 16.7 Å². The molecule has 2 nitrogen and oxygen atoms in total. The van der Waals surface area contributed by atoms with Crippen LogP contribution in [0, 0.1) is 0 Å². The lowest BCUT2D eigenvalue weighted by atomic mass is 9.91. The molecule has 0 aliphatic heterocycles. The maximum Gasteiger partial charge on any atom is 0.0547 e. The van der Waals surface area contributed by atoms with Gasteiger partial charge in [-0.05, 0) is 116 Å². The average Bonchev–Trinajstić information content (AvgIpc) is 3.67. The van der Waals surface area contributed by atoms with Crippen molar-refractivity contribution < 1.29 is 0 Å². The van der Waals surface area contributed by atoms with Crippen molar-refractivity contribution in [3.8, 4) is 50.2 Å². The van der Waals surface area contributed by atoms with Crippen LogP contribution in [-0.2, 0) is 0 Å². The second-order valence-electron chi connectivity index (χ2n) is 15.3. The number of aromatic nitrogens is 1. The molecule has 0 saturated carbocycles. The van der Waals surface area contributed by atoms with E-state index in [1.807, 2.05) is 0 Å². The summed E-state index contributed by atoms with van der Waals surface area (Å²) >= 11 is 0. The maximum absolute atomic E-state index is 2.42. The molecule has 2 heteroatoms. The van der Waals surface area contributed by atoms with Gasteiger partial charge in [-0.15, -0.1) is 0 Å². The van der Waals surface area contributed by atoms with Crippen molar-refractivity contribution in [1.82, 2.24) is 4.57 Å². The van der Waals surface area contributed by atoms with Crippen LogP contribution in [0.3, 0.4) is 0 Å². The number of anilines is 3. The first-order valence-electron chi connectivity index (χ1n) is 20.6. The molecule has 0 bridgehead atoms. The summed E-state index contributed by atoms with van der Waals surface area (Å²) in [5.74, 6) is 0. The van der Waals surface area contributed by atoms with Gasteiger partial charge in [0.15, 0.2) is 0 Å². The van der Waals surface area contributed by atoms with E-state index in [2.05, 4.69) is 252 Å². The fourth-order valence-corrected chi connectivity index (χ4v) is 8.98. The zero-order chi connectivity index (χ0) is 39.8. The molecule has 0 N–H and O–H groups in total. The molecule has 0 saturated heterocycles. The van der Waals surface area contributed by atoms with Crippen molar-refractivity contribution >= 4 is 49.6 Å². The van der Waals surface area contributed by atoms with E-state index in [1.165, 1.54) is 71.5 Å². The molecule has 60 heavy (non-hydrogen) atoms. The van der Waals surface area contributed by atoms with Gasteiger partial charge in [-0.1, -0.05) is 176 Å². The van der Waals surface area contributed by atoms with Crippen molar-refractivity contribution in [2.45, 2.75) is 0 Å². The quantitative estimate of drug-likeness (QED) is 0.150. The van der Waals surface area contributed by atoms with Crippen LogP contribution in [0.15, 0.2) is 243 Å². The van der Waals surface area contributed by atoms with Crippen molar-refractivity contribution in [3.63, 3.8) is 0 Å². The van der Waals surface area contributed by atoms with Gasteiger partial charge in [0, 0.05) is 33.4 Å². The zero-order valence-electron chi connectivity index (χ0n) is 33.0. The highest BCUT2D eigenvalue weighted by molar-refractivity contribution is 6.17. The fourth-order valence-electron chi connectivity index (χ4n) is 8.98. The van der Waals surface area contributed by atoms with E-state index in [9.17, 15) is 0 Å². The molecule has 0 spiro atoms. The third kappa shape index (κ3) is 6.23. The Morgan fingerprint density at radius 1 is 0.300 bits per heavy atom. The van der Waals surface area contributed by atoms with Gasteiger partial charge in [-0.25, -0.2) is 0 Å². The van der Waals surface area contributed by atoms with Crippen molar-refractivity contribution in [3.05, 3.63) is 243 Å². The van der Waals surface area contributed by atoms with Crippen LogP contribution in [-0.4, -0.2) is 4.57 Å². The molecule has 11 rings (SSSR count). The van der Waals surface area contributed by atoms with Crippen molar-refractivity contribution in [2.24, 2.45) is 0 Å². The standard InChI is InChI=1S/C58H40N2/c1-4-17-41(18-5-1)42-31-35-48(36-32-42)59(49-37-33-44(34-38-49)54-40-46-22-11-10-21-45(46)39-53(54)43-19-6-2-7-20-43)55-28-14-12-25-50(55)51-27-16-30-57-58(51)52-26-13-15-29-56(52)60(57)47-23-8-3-9-24-47/h1-40H. The first-order valence-corrected chi connectivity index (χ1v) is 20.6. The lowest BCUT2D eigenvalue weighted by molar-refractivity contribution is 1.18. The number of fused-ring (bicyclic) bond motifs is 4. The Bertz CT molecular complexity index is 3270. The van der Waals surface area contributed by atoms with E-state index in [0.29, 0.717) is 0 Å². The number of rotatable bonds is 8. The van der Waals surface area contributed by atoms with Crippen molar-refractivity contribution in [2.75, 3.05) is 4.90 Å². The van der Waals surface area contributed by atoms with E-state index < -0.39 is 0 Å². The summed E-state index contributed by atoms with van der Waals surface area (Å²) in [7, 11) is 0. The Morgan fingerprint density at radius 2 is 0.767 bits per heavy atom. The smallest absolute Gasteiger partial charge is 0.0547 e. The van der Waals surface area contributed by atoms with Crippen LogP contribution in [0.5, 0.6) is 0 Å². The van der Waals surface area contributed by atoms with E-state index in [4.69, 9.17) is 0 Å². The van der Waals surface area contributed by atoms with Crippen molar-refractivity contribution in [1.29, 1.82) is 0 Å². The highest BCUT2D eigenvalue weighted by Gasteiger charge is 2.22. The summed E-state index contributed by atoms with van der Waals surface area (Å²) in [6.45, 7) is 0. The van der Waals surface area contributed by atoms with E-state index >= 15 is 0 Å². The van der Waals surface area contributed by atoms with Gasteiger partial charge in [0.25, 0.3) is 0 Å². The highest BCUT2D eigenvalue weighted by atomic mass is 15.1. The molecule has 0 aliphatic carbocycles. The Morgan fingerprint density at radius 3 is 1.43 bits per heavy atom. The number of hydrogen-bond donors (Lipinski definition) is 0. The molecule has 0 unspecified atom stereocenters. The molecular weight excluding hydrogens is 725 g/mol. The lowest BCUT2D eigenvalue weighted by Gasteiger charge is -2.28. The van der Waals surface area contributed by atoms with Crippen LogP contribution >= 0.6 is 0 Å². The van der Waals surface area contributed by atoms with Crippen LogP contribution in [0.2, 0.25) is 0 Å². The molecule has 1 heterocycles. The monoisotopic (exact) mass is 764 g/mol. The van der Waals surface area contributed by atoms with Gasteiger partial charge >= 0.3 is 0 Å². The summed E-state index contributed by atoms with van der Waals surface area (Å²) in [5, 5.41) is 4.94. The number of para-hydroxylation sites is 3. The molecule has 11 aromatic rings. The highest BCUT2D eigenvalue weighted by Crippen LogP contribution is 2.46. The van der Waals surface area contributed by atoms with Crippen LogP contribution in [0.4, 0.5) is 17.1 Å². The molecule has 0 amide bonds. The minimum atomic E-state index is 1.08. The number of hydrogen-bond acceptors (Lipinski definition) is 1. The largest absolute Gasteiger partial charge is 0.310 e. The van der Waals surface area contributed by atoms with E-state index in [1.54, 1.807) is 0 Å². The predicted octanol–water partition coefficient (Wildman–Crippen LogP) is 16.1. The first-order chi connectivity index (χ1) is 29.8. The zero-order valence-corrected chi connectivity index (χ0v) is 33.0. The molecule has 0 atom stereocenters. The summed E-state index contributed by atoms with van der Waals surface area (Å²) in [4.78, 5) is 2.42.